The molecule has 1 fully saturated rings. The summed E-state index contributed by atoms with van der Waals surface area (Å²) in [6.45, 7) is 4.20. The molecule has 0 N–H and O–H groups in total. The summed E-state index contributed by atoms with van der Waals surface area (Å²) < 4.78 is 0. The molecule has 0 unspecified atom stereocenters. The molecule has 2 aliphatic rings. The summed E-state index contributed by atoms with van der Waals surface area (Å²) >= 11 is 1.66. The standard InChI is InChI=1S/C22H29N3OS/c1-16-21(27-15-23-16)9-10-22(26)24(2)19-8-5-11-25(14-19)20-12-17-6-3-4-7-18(17)13-20/h3-4,6-7,15,19-20H,5,8-14H2,1-2H3/t19-/m0/s1. The number of aryl methyl sites for hydroxylation is 2. The van der Waals surface area contributed by atoms with Gasteiger partial charge in [-0.2, -0.15) is 0 Å². The molecule has 1 amide bonds. The molecule has 1 aromatic carbocycles. The predicted octanol–water partition coefficient (Wildman–Crippen LogP) is 3.47. The van der Waals surface area contributed by atoms with Crippen LogP contribution in [-0.4, -0.2) is 52.9 Å². The molecule has 5 heteroatoms. The fourth-order valence-electron chi connectivity index (χ4n) is 4.59. The van der Waals surface area contributed by atoms with Crippen LogP contribution in [0.1, 0.15) is 41.0 Å². The normalized spacial score (nSPS) is 20.6. The number of fused-ring (bicyclic) bond motifs is 1. The van der Waals surface area contributed by atoms with Crippen molar-refractivity contribution in [3.8, 4) is 0 Å². The minimum Gasteiger partial charge on any atom is -0.341 e. The van der Waals surface area contributed by atoms with Gasteiger partial charge in [-0.1, -0.05) is 24.3 Å². The largest absolute Gasteiger partial charge is 0.341 e. The number of carbonyl (C=O) groups excluding carboxylic acids is 1. The van der Waals surface area contributed by atoms with Gasteiger partial charge in [0.2, 0.25) is 5.91 Å². The molecule has 2 heterocycles. The predicted molar refractivity (Wildman–Crippen MR) is 110 cm³/mol. The summed E-state index contributed by atoms with van der Waals surface area (Å²) in [5.74, 6) is 0.268. The number of piperidine rings is 1. The van der Waals surface area contributed by atoms with Gasteiger partial charge < -0.3 is 4.90 Å². The van der Waals surface area contributed by atoms with Gasteiger partial charge in [-0.3, -0.25) is 9.69 Å². The lowest BCUT2D eigenvalue weighted by Crippen LogP contribution is -2.51. The molecule has 0 spiro atoms. The van der Waals surface area contributed by atoms with Gasteiger partial charge in [0.05, 0.1) is 11.2 Å². The Morgan fingerprint density at radius 1 is 1.30 bits per heavy atom. The van der Waals surface area contributed by atoms with E-state index in [2.05, 4.69) is 34.1 Å². The highest BCUT2D eigenvalue weighted by molar-refractivity contribution is 7.09. The maximum atomic E-state index is 12.7. The Hall–Kier alpha value is -1.72. The first kappa shape index (κ1) is 18.6. The Labute approximate surface area is 166 Å². The molecular formula is C22H29N3OS. The highest BCUT2D eigenvalue weighted by Gasteiger charge is 2.32. The van der Waals surface area contributed by atoms with E-state index in [1.807, 2.05) is 24.4 Å². The molecule has 1 atom stereocenters. The second-order valence-electron chi connectivity index (χ2n) is 7.99. The third kappa shape index (κ3) is 4.09. The van der Waals surface area contributed by atoms with E-state index in [0.717, 1.165) is 44.5 Å². The van der Waals surface area contributed by atoms with Crippen molar-refractivity contribution < 1.29 is 4.79 Å². The number of carbonyl (C=O) groups is 1. The molecule has 1 aliphatic carbocycles. The van der Waals surface area contributed by atoms with E-state index in [1.165, 1.54) is 22.4 Å². The molecule has 1 aromatic heterocycles. The zero-order valence-corrected chi connectivity index (χ0v) is 17.2. The number of likely N-dealkylation sites (N-methyl/N-ethyl adjacent to an activating group) is 1. The van der Waals surface area contributed by atoms with Crippen LogP contribution in [0.25, 0.3) is 0 Å². The van der Waals surface area contributed by atoms with Gasteiger partial charge in [-0.25, -0.2) is 4.98 Å². The highest BCUT2D eigenvalue weighted by atomic mass is 32.1. The molecule has 4 nitrogen and oxygen atoms in total. The molecule has 27 heavy (non-hydrogen) atoms. The second-order valence-corrected chi connectivity index (χ2v) is 8.93. The second kappa shape index (κ2) is 8.11. The van der Waals surface area contributed by atoms with Gasteiger partial charge in [0.1, 0.15) is 0 Å². The fraction of sp³-hybridized carbons (Fsp3) is 0.545. The monoisotopic (exact) mass is 383 g/mol. The number of likely N-dealkylation sites (tertiary alicyclic amines) is 1. The highest BCUT2D eigenvalue weighted by Crippen LogP contribution is 2.28. The van der Waals surface area contributed by atoms with Crippen molar-refractivity contribution in [2.45, 2.75) is 57.5 Å². The number of aromatic nitrogens is 1. The first-order valence-electron chi connectivity index (χ1n) is 10.1. The average Bonchev–Trinajstić information content (AvgIpc) is 3.31. The minimum atomic E-state index is 0.268. The van der Waals surface area contributed by atoms with Crippen LogP contribution in [0.5, 0.6) is 0 Å². The van der Waals surface area contributed by atoms with Crippen LogP contribution in [0.3, 0.4) is 0 Å². The Morgan fingerprint density at radius 3 is 2.70 bits per heavy atom. The molecular weight excluding hydrogens is 354 g/mol. The topological polar surface area (TPSA) is 36.4 Å². The van der Waals surface area contributed by atoms with Crippen molar-refractivity contribution in [2.75, 3.05) is 20.1 Å². The van der Waals surface area contributed by atoms with E-state index in [-0.39, 0.29) is 5.91 Å². The van der Waals surface area contributed by atoms with Crippen LogP contribution >= 0.6 is 11.3 Å². The summed E-state index contributed by atoms with van der Waals surface area (Å²) in [6.07, 6.45) is 6.02. The molecule has 2 aromatic rings. The van der Waals surface area contributed by atoms with Gasteiger partial charge in [-0.15, -0.1) is 11.3 Å². The van der Waals surface area contributed by atoms with Crippen molar-refractivity contribution in [3.05, 3.63) is 51.5 Å². The number of thiazole rings is 1. The molecule has 144 valence electrons. The molecule has 0 saturated carbocycles. The molecule has 0 radical (unpaired) electrons. The SMILES string of the molecule is Cc1ncsc1CCC(=O)N(C)[C@H]1CCCN(C2Cc3ccccc3C2)C1. The van der Waals surface area contributed by atoms with E-state index >= 15 is 0 Å². The Kier molecular flexibility index (Phi) is 5.60. The molecule has 0 bridgehead atoms. The fourth-order valence-corrected chi connectivity index (χ4v) is 5.37. The molecule has 1 aliphatic heterocycles. The smallest absolute Gasteiger partial charge is 0.222 e. The number of hydrogen-bond acceptors (Lipinski definition) is 4. The zero-order chi connectivity index (χ0) is 18.8. The van der Waals surface area contributed by atoms with E-state index in [9.17, 15) is 4.79 Å². The summed E-state index contributed by atoms with van der Waals surface area (Å²) in [6, 6.07) is 9.79. The number of rotatable bonds is 5. The van der Waals surface area contributed by atoms with Crippen molar-refractivity contribution in [1.29, 1.82) is 0 Å². The third-order valence-electron chi connectivity index (χ3n) is 6.33. The van der Waals surface area contributed by atoms with Crippen molar-refractivity contribution in [2.24, 2.45) is 0 Å². The van der Waals surface area contributed by atoms with Crippen molar-refractivity contribution >= 4 is 17.2 Å². The summed E-state index contributed by atoms with van der Waals surface area (Å²) in [5.41, 5.74) is 5.96. The summed E-state index contributed by atoms with van der Waals surface area (Å²) in [5, 5.41) is 0. The Bertz CT molecular complexity index is 777. The Morgan fingerprint density at radius 2 is 2.04 bits per heavy atom. The van der Waals surface area contributed by atoms with Crippen LogP contribution in [0.15, 0.2) is 29.8 Å². The number of hydrogen-bond donors (Lipinski definition) is 0. The molecule has 4 rings (SSSR count). The van der Waals surface area contributed by atoms with Crippen LogP contribution in [0, 0.1) is 6.92 Å². The van der Waals surface area contributed by atoms with Gasteiger partial charge in [-0.05, 0) is 56.7 Å². The quantitative estimate of drug-likeness (QED) is 0.793. The minimum absolute atomic E-state index is 0.268. The Balaban J connectivity index is 1.32. The van der Waals surface area contributed by atoms with Crippen LogP contribution in [-0.2, 0) is 24.1 Å². The van der Waals surface area contributed by atoms with Gasteiger partial charge in [0.15, 0.2) is 0 Å². The summed E-state index contributed by atoms with van der Waals surface area (Å²) in [7, 11) is 2.00. The average molecular weight is 384 g/mol. The molecule has 1 saturated heterocycles. The van der Waals surface area contributed by atoms with Gasteiger partial charge in [0.25, 0.3) is 0 Å². The first-order valence-corrected chi connectivity index (χ1v) is 10.9. The van der Waals surface area contributed by atoms with Crippen LogP contribution in [0.4, 0.5) is 0 Å². The summed E-state index contributed by atoms with van der Waals surface area (Å²) in [4.78, 5) is 22.9. The number of benzene rings is 1. The van der Waals surface area contributed by atoms with Crippen LogP contribution in [0.2, 0.25) is 0 Å². The third-order valence-corrected chi connectivity index (χ3v) is 7.32. The van der Waals surface area contributed by atoms with Crippen molar-refractivity contribution in [1.82, 2.24) is 14.8 Å². The number of amides is 1. The maximum absolute atomic E-state index is 12.7. The van der Waals surface area contributed by atoms with E-state index < -0.39 is 0 Å². The van der Waals surface area contributed by atoms with E-state index in [1.54, 1.807) is 11.3 Å². The zero-order valence-electron chi connectivity index (χ0n) is 16.4. The lowest BCUT2D eigenvalue weighted by Gasteiger charge is -2.40. The van der Waals surface area contributed by atoms with E-state index in [0.29, 0.717) is 18.5 Å². The lowest BCUT2D eigenvalue weighted by atomic mass is 10.0. The van der Waals surface area contributed by atoms with E-state index in [4.69, 9.17) is 0 Å². The first-order chi connectivity index (χ1) is 13.1. The van der Waals surface area contributed by atoms with Gasteiger partial charge >= 0.3 is 0 Å². The van der Waals surface area contributed by atoms with Gasteiger partial charge in [0, 0.05) is 37.0 Å². The van der Waals surface area contributed by atoms with Crippen LogP contribution < -0.4 is 0 Å². The maximum Gasteiger partial charge on any atom is 0.222 e. The number of nitrogens with zero attached hydrogens (tertiary/aromatic N) is 3. The lowest BCUT2D eigenvalue weighted by molar-refractivity contribution is -0.133. The van der Waals surface area contributed by atoms with Crippen molar-refractivity contribution in [3.63, 3.8) is 0 Å².